The molecule has 32 heavy (non-hydrogen) atoms. The van der Waals surface area contributed by atoms with Crippen molar-refractivity contribution in [3.05, 3.63) is 45.6 Å². The first-order chi connectivity index (χ1) is 15.0. The number of aryl methyl sites for hydroxylation is 1. The maximum atomic E-state index is 12.8. The number of H-pyrrole nitrogens is 2. The number of hydrogen-bond donors (Lipinski definition) is 3. The fourth-order valence-electron chi connectivity index (χ4n) is 4.19. The monoisotopic (exact) mass is 460 g/mol. The molecule has 1 aromatic carbocycles. The van der Waals surface area contributed by atoms with Gasteiger partial charge in [-0.25, -0.2) is 13.2 Å². The zero-order valence-corrected chi connectivity index (χ0v) is 19.4. The van der Waals surface area contributed by atoms with Gasteiger partial charge in [0.05, 0.1) is 40.3 Å². The number of fused-ring (bicyclic) bond motifs is 1. The molecule has 1 fully saturated rings. The van der Waals surface area contributed by atoms with Crippen molar-refractivity contribution in [1.29, 1.82) is 0 Å². The first-order valence-corrected chi connectivity index (χ1v) is 12.3. The number of rotatable bonds is 6. The molecule has 4 rings (SSSR count). The molecule has 1 amide bonds. The van der Waals surface area contributed by atoms with Crippen molar-refractivity contribution < 1.29 is 13.2 Å². The molecule has 3 aromatic rings. The molecule has 1 aliphatic rings. The van der Waals surface area contributed by atoms with Gasteiger partial charge in [0.25, 0.3) is 0 Å². The van der Waals surface area contributed by atoms with Gasteiger partial charge in [-0.2, -0.15) is 5.10 Å². The van der Waals surface area contributed by atoms with E-state index < -0.39 is 15.9 Å². The smallest absolute Gasteiger partial charge is 0.323 e. The van der Waals surface area contributed by atoms with Crippen molar-refractivity contribution >= 4 is 32.5 Å². The van der Waals surface area contributed by atoms with Gasteiger partial charge in [0.2, 0.25) is 5.91 Å². The highest BCUT2D eigenvalue weighted by Gasteiger charge is 2.32. The second-order valence-corrected chi connectivity index (χ2v) is 10.8. The summed E-state index contributed by atoms with van der Waals surface area (Å²) in [5, 5.41) is 7.50. The lowest BCUT2D eigenvalue weighted by atomic mass is 10.1. The minimum Gasteiger partial charge on any atom is -0.325 e. The van der Waals surface area contributed by atoms with Gasteiger partial charge in [-0.05, 0) is 52.4 Å². The van der Waals surface area contributed by atoms with Gasteiger partial charge >= 0.3 is 5.69 Å². The van der Waals surface area contributed by atoms with E-state index in [0.717, 1.165) is 17.0 Å². The number of hydrogen-bond acceptors (Lipinski definition) is 6. The Hall–Kier alpha value is -2.92. The number of benzene rings is 1. The van der Waals surface area contributed by atoms with Crippen LogP contribution >= 0.6 is 0 Å². The van der Waals surface area contributed by atoms with Crippen molar-refractivity contribution in [3.63, 3.8) is 0 Å². The molecular weight excluding hydrogens is 432 g/mol. The molecule has 3 heterocycles. The second-order valence-electron chi connectivity index (χ2n) is 8.57. The van der Waals surface area contributed by atoms with Crippen molar-refractivity contribution in [2.45, 2.75) is 45.8 Å². The zero-order valence-electron chi connectivity index (χ0n) is 18.6. The lowest BCUT2D eigenvalue weighted by Crippen LogP contribution is -2.39. The number of sulfone groups is 1. The number of nitrogens with zero attached hydrogens (tertiary/aromatic N) is 3. The highest BCUT2D eigenvalue weighted by Crippen LogP contribution is 2.27. The highest BCUT2D eigenvalue weighted by atomic mass is 32.2. The van der Waals surface area contributed by atoms with E-state index in [2.05, 4.69) is 20.4 Å². The maximum Gasteiger partial charge on any atom is 0.323 e. The summed E-state index contributed by atoms with van der Waals surface area (Å²) in [4.78, 5) is 31.5. The summed E-state index contributed by atoms with van der Waals surface area (Å²) in [6, 6.07) is 4.64. The quantitative estimate of drug-likeness (QED) is 0.510. The lowest BCUT2D eigenvalue weighted by Gasteiger charge is -2.24. The summed E-state index contributed by atoms with van der Waals surface area (Å²) < 4.78 is 25.6. The standard InChI is InChI=1S/C21H28N6O4S/c1-12-17(13(2)27(25-12)16-7-8-32(30,31)11-16)10-26(4)14(3)20(28)22-15-5-6-18-19(9-15)24-21(29)23-18/h5-6,9,14,16H,7-8,10-11H2,1-4H3,(H,22,28)(H2,23,24,29)/t14-,16+/m0/s1. The lowest BCUT2D eigenvalue weighted by molar-refractivity contribution is -0.120. The van der Waals surface area contributed by atoms with Crippen LogP contribution in [0.25, 0.3) is 11.0 Å². The molecule has 2 atom stereocenters. The van der Waals surface area contributed by atoms with Gasteiger partial charge in [0, 0.05) is 23.5 Å². The van der Waals surface area contributed by atoms with Crippen LogP contribution in [0.15, 0.2) is 23.0 Å². The molecule has 172 valence electrons. The average molecular weight is 461 g/mol. The van der Waals surface area contributed by atoms with Crippen LogP contribution < -0.4 is 11.0 Å². The molecule has 0 bridgehead atoms. The van der Waals surface area contributed by atoms with Gasteiger partial charge in [0.1, 0.15) is 0 Å². The van der Waals surface area contributed by atoms with E-state index in [1.165, 1.54) is 0 Å². The SMILES string of the molecule is Cc1nn([C@@H]2CCS(=O)(=O)C2)c(C)c1CN(C)[C@@H](C)C(=O)Nc1ccc2[nH]c(=O)[nH]c2c1. The summed E-state index contributed by atoms with van der Waals surface area (Å²) in [5.74, 6) is 0.152. The number of carbonyl (C=O) groups excluding carboxylic acids is 1. The summed E-state index contributed by atoms with van der Waals surface area (Å²) in [6.07, 6.45) is 0.579. The molecule has 10 nitrogen and oxygen atoms in total. The first-order valence-electron chi connectivity index (χ1n) is 10.5. The third-order valence-corrected chi connectivity index (χ3v) is 8.01. The van der Waals surface area contributed by atoms with Crippen LogP contribution in [0.1, 0.15) is 36.3 Å². The van der Waals surface area contributed by atoms with Crippen LogP contribution in [-0.2, 0) is 21.2 Å². The number of carbonyl (C=O) groups is 1. The molecule has 0 radical (unpaired) electrons. The van der Waals surface area contributed by atoms with E-state index in [9.17, 15) is 18.0 Å². The molecule has 0 saturated carbocycles. The minimum absolute atomic E-state index is 0.125. The van der Waals surface area contributed by atoms with E-state index in [-0.39, 0.29) is 29.1 Å². The van der Waals surface area contributed by atoms with Crippen LogP contribution in [0.4, 0.5) is 5.69 Å². The van der Waals surface area contributed by atoms with Gasteiger partial charge in [0.15, 0.2) is 9.84 Å². The Labute approximate surface area is 185 Å². The van der Waals surface area contributed by atoms with E-state index >= 15 is 0 Å². The molecule has 0 spiro atoms. The molecule has 1 aliphatic heterocycles. The summed E-state index contributed by atoms with van der Waals surface area (Å²) in [6.45, 7) is 6.19. The molecule has 11 heteroatoms. The Bertz CT molecular complexity index is 1340. The molecule has 2 aromatic heterocycles. The largest absolute Gasteiger partial charge is 0.325 e. The summed E-state index contributed by atoms with van der Waals surface area (Å²) in [5.41, 5.74) is 4.39. The van der Waals surface area contributed by atoms with Gasteiger partial charge in [-0.1, -0.05) is 0 Å². The number of nitrogens with one attached hydrogen (secondary N) is 3. The third kappa shape index (κ3) is 4.35. The van der Waals surface area contributed by atoms with Crippen LogP contribution in [0.3, 0.4) is 0 Å². The van der Waals surface area contributed by atoms with E-state index in [4.69, 9.17) is 0 Å². The number of aromatic amines is 2. The number of aromatic nitrogens is 4. The van der Waals surface area contributed by atoms with Gasteiger partial charge < -0.3 is 15.3 Å². The van der Waals surface area contributed by atoms with Crippen LogP contribution in [0.2, 0.25) is 0 Å². The van der Waals surface area contributed by atoms with Crippen molar-refractivity contribution in [1.82, 2.24) is 24.6 Å². The first kappa shape index (κ1) is 22.3. The predicted octanol–water partition coefficient (Wildman–Crippen LogP) is 1.49. The van der Waals surface area contributed by atoms with Crippen molar-refractivity contribution in [2.75, 3.05) is 23.9 Å². The Balaban J connectivity index is 1.45. The Morgan fingerprint density at radius 2 is 2.03 bits per heavy atom. The number of anilines is 1. The summed E-state index contributed by atoms with van der Waals surface area (Å²) in [7, 11) is -1.13. The topological polar surface area (TPSA) is 133 Å². The zero-order chi connectivity index (χ0) is 23.2. The number of imidazole rings is 1. The van der Waals surface area contributed by atoms with Crippen molar-refractivity contribution in [2.24, 2.45) is 0 Å². The number of amides is 1. The Kier molecular flexibility index (Phi) is 5.72. The number of likely N-dealkylation sites (N-methyl/N-ethyl adjacent to an activating group) is 1. The van der Waals surface area contributed by atoms with Crippen molar-refractivity contribution in [3.8, 4) is 0 Å². The highest BCUT2D eigenvalue weighted by molar-refractivity contribution is 7.91. The molecule has 0 unspecified atom stereocenters. The summed E-state index contributed by atoms with van der Waals surface area (Å²) >= 11 is 0. The second kappa shape index (κ2) is 8.21. The fraction of sp³-hybridized carbons (Fsp3) is 0.476. The molecule has 1 saturated heterocycles. The van der Waals surface area contributed by atoms with Gasteiger partial charge in [-0.15, -0.1) is 0 Å². The Morgan fingerprint density at radius 3 is 2.72 bits per heavy atom. The molecule has 3 N–H and O–H groups in total. The molecular formula is C21H28N6O4S. The minimum atomic E-state index is -3.00. The maximum absolute atomic E-state index is 12.8. The average Bonchev–Trinajstić information content (AvgIpc) is 3.36. The third-order valence-electron chi connectivity index (χ3n) is 6.26. The van der Waals surface area contributed by atoms with E-state index in [0.29, 0.717) is 29.7 Å². The van der Waals surface area contributed by atoms with Crippen LogP contribution in [-0.4, -0.2) is 63.6 Å². The van der Waals surface area contributed by atoms with E-state index in [1.807, 2.05) is 37.4 Å². The fourth-order valence-corrected chi connectivity index (χ4v) is 5.89. The normalized spacial score (nSPS) is 19.0. The van der Waals surface area contributed by atoms with Gasteiger partial charge in [-0.3, -0.25) is 14.4 Å². The molecule has 0 aliphatic carbocycles. The Morgan fingerprint density at radius 1 is 1.31 bits per heavy atom. The van der Waals surface area contributed by atoms with Crippen LogP contribution in [0, 0.1) is 13.8 Å². The predicted molar refractivity (Wildman–Crippen MR) is 122 cm³/mol. The van der Waals surface area contributed by atoms with E-state index in [1.54, 1.807) is 18.2 Å². The van der Waals surface area contributed by atoms with Crippen LogP contribution in [0.5, 0.6) is 0 Å².